The van der Waals surface area contributed by atoms with E-state index < -0.39 is 67.5 Å². The summed E-state index contributed by atoms with van der Waals surface area (Å²) >= 11 is 0. The first kappa shape index (κ1) is 33.4. The lowest BCUT2D eigenvalue weighted by molar-refractivity contribution is -0.285. The lowest BCUT2D eigenvalue weighted by Crippen LogP contribution is -2.52. The summed E-state index contributed by atoms with van der Waals surface area (Å²) in [6, 6.07) is 0. The number of hydrogen-bond acceptors (Lipinski definition) is 13. The number of carbonyl (C=O) groups is 5. The normalized spacial score (nSPS) is 13.8. The molecule has 0 bridgehead atoms. The van der Waals surface area contributed by atoms with Crippen molar-refractivity contribution in [3.63, 3.8) is 0 Å². The van der Waals surface area contributed by atoms with E-state index in [0.29, 0.717) is 0 Å². The third kappa shape index (κ3) is 13.9. The molecule has 0 radical (unpaired) electrons. The summed E-state index contributed by atoms with van der Waals surface area (Å²) in [5.41, 5.74) is -0.222. The van der Waals surface area contributed by atoms with Crippen LogP contribution in [0, 0.1) is 0 Å². The summed E-state index contributed by atoms with van der Waals surface area (Å²) in [6.45, 7) is 12.1. The monoisotopic (exact) mass is 531 g/mol. The lowest BCUT2D eigenvalue weighted by Gasteiger charge is -2.32. The zero-order valence-electron chi connectivity index (χ0n) is 20.9. The number of carboxylic acids is 1. The summed E-state index contributed by atoms with van der Waals surface area (Å²) in [7, 11) is 0. The molecule has 4 N–H and O–H groups in total. The fourth-order valence-corrected chi connectivity index (χ4v) is 2.23. The summed E-state index contributed by atoms with van der Waals surface area (Å²) in [4.78, 5) is 67.3. The van der Waals surface area contributed by atoms with Gasteiger partial charge in [0.25, 0.3) is 0 Å². The van der Waals surface area contributed by atoms with Crippen molar-refractivity contribution in [2.24, 2.45) is 0 Å². The van der Waals surface area contributed by atoms with Gasteiger partial charge in [0.15, 0.2) is 12.2 Å². The molecule has 0 spiro atoms. The second-order valence-electron chi connectivity index (χ2n) is 7.87. The van der Waals surface area contributed by atoms with Crippen molar-refractivity contribution in [2.75, 3.05) is 26.3 Å². The minimum Gasteiger partial charge on any atom is -0.480 e. The Morgan fingerprint density at radius 1 is 0.784 bits per heavy atom. The van der Waals surface area contributed by atoms with Gasteiger partial charge in [0.1, 0.15) is 25.4 Å². The molecule has 0 aromatic carbocycles. The van der Waals surface area contributed by atoms with Crippen molar-refractivity contribution in [3.05, 3.63) is 36.5 Å². The van der Waals surface area contributed by atoms with Crippen LogP contribution in [0.25, 0.3) is 0 Å². The molecule has 0 amide bonds. The van der Waals surface area contributed by atoms with E-state index in [1.165, 1.54) is 20.8 Å². The van der Waals surface area contributed by atoms with Crippen LogP contribution in [-0.4, -0.2) is 95.9 Å². The first-order valence-corrected chi connectivity index (χ1v) is 10.8. The van der Waals surface area contributed by atoms with E-state index in [0.717, 1.165) is 0 Å². The number of esters is 3. The minimum atomic E-state index is -1.84. The van der Waals surface area contributed by atoms with Gasteiger partial charge in [0, 0.05) is 23.3 Å². The van der Waals surface area contributed by atoms with Crippen molar-refractivity contribution in [1.82, 2.24) is 5.32 Å². The van der Waals surface area contributed by atoms with E-state index in [1.54, 1.807) is 0 Å². The standard InChI is InChI=1S/C23H33NO13/c1-12(2)21(30)35-19(15(25)10-33-18(29)7-8-24-9-17(27)28)20(36-22(31)13(3)4)16(26)11-34-37-23(32)14(5)6/h15-16,19-20,24-26H,1,3,5,7-11H2,2,4,6H3,(H,27,28). The van der Waals surface area contributed by atoms with Gasteiger partial charge in [-0.25, -0.2) is 14.4 Å². The van der Waals surface area contributed by atoms with E-state index in [2.05, 4.69) is 34.8 Å². The highest BCUT2D eigenvalue weighted by Crippen LogP contribution is 2.18. The topological polar surface area (TPSA) is 204 Å². The van der Waals surface area contributed by atoms with Crippen LogP contribution >= 0.6 is 0 Å². The minimum absolute atomic E-state index is 0.0107. The van der Waals surface area contributed by atoms with Crippen LogP contribution < -0.4 is 5.32 Å². The number of hydrogen-bond donors (Lipinski definition) is 4. The Labute approximate surface area is 213 Å². The molecule has 37 heavy (non-hydrogen) atoms. The maximum Gasteiger partial charge on any atom is 0.368 e. The molecule has 0 aromatic rings. The Bertz CT molecular complexity index is 882. The molecule has 0 saturated heterocycles. The molecule has 0 fully saturated rings. The summed E-state index contributed by atoms with van der Waals surface area (Å²) in [5, 5.41) is 32.3. The van der Waals surface area contributed by atoms with E-state index in [4.69, 9.17) is 19.3 Å². The largest absolute Gasteiger partial charge is 0.480 e. The van der Waals surface area contributed by atoms with Gasteiger partial charge in [-0.3, -0.25) is 14.5 Å². The molecule has 208 valence electrons. The molecule has 14 heteroatoms. The van der Waals surface area contributed by atoms with E-state index in [1.807, 2.05) is 0 Å². The van der Waals surface area contributed by atoms with Crippen molar-refractivity contribution < 1.29 is 63.3 Å². The number of aliphatic hydroxyl groups excluding tert-OH is 2. The molecular weight excluding hydrogens is 498 g/mol. The summed E-state index contributed by atoms with van der Waals surface area (Å²) in [6.07, 6.45) is -7.57. The van der Waals surface area contributed by atoms with Gasteiger partial charge >= 0.3 is 29.8 Å². The van der Waals surface area contributed by atoms with Gasteiger partial charge in [0.05, 0.1) is 13.0 Å². The van der Waals surface area contributed by atoms with Crippen molar-refractivity contribution in [2.45, 2.75) is 51.6 Å². The zero-order chi connectivity index (χ0) is 28.7. The zero-order valence-corrected chi connectivity index (χ0v) is 20.9. The van der Waals surface area contributed by atoms with Gasteiger partial charge in [-0.2, -0.15) is 4.89 Å². The number of ether oxygens (including phenoxy) is 3. The highest BCUT2D eigenvalue weighted by atomic mass is 17.2. The number of aliphatic hydroxyl groups is 2. The molecule has 14 nitrogen and oxygen atoms in total. The first-order chi connectivity index (χ1) is 17.2. The quantitative estimate of drug-likeness (QED) is 0.0433. The molecule has 0 aromatic heterocycles. The Kier molecular flexibility index (Phi) is 15.3. The van der Waals surface area contributed by atoms with Crippen LogP contribution in [0.5, 0.6) is 0 Å². The van der Waals surface area contributed by atoms with Gasteiger partial charge in [-0.15, -0.1) is 0 Å². The second-order valence-corrected chi connectivity index (χ2v) is 7.87. The fraction of sp³-hybridized carbons (Fsp3) is 0.522. The second kappa shape index (κ2) is 17.0. The molecule has 0 heterocycles. The van der Waals surface area contributed by atoms with E-state index in [9.17, 15) is 34.2 Å². The number of carboxylic acid groups (broad SMARTS) is 1. The Balaban J connectivity index is 5.62. The lowest BCUT2D eigenvalue weighted by atomic mass is 10.0. The Morgan fingerprint density at radius 2 is 1.24 bits per heavy atom. The maximum atomic E-state index is 12.2. The van der Waals surface area contributed by atoms with E-state index in [-0.39, 0.29) is 36.2 Å². The van der Waals surface area contributed by atoms with Crippen molar-refractivity contribution in [1.29, 1.82) is 0 Å². The van der Waals surface area contributed by atoms with Crippen molar-refractivity contribution >= 4 is 29.8 Å². The average molecular weight is 532 g/mol. The third-order valence-corrected chi connectivity index (χ3v) is 4.18. The van der Waals surface area contributed by atoms with Crippen LogP contribution in [0.4, 0.5) is 0 Å². The molecule has 0 aliphatic heterocycles. The predicted molar refractivity (Wildman–Crippen MR) is 124 cm³/mol. The van der Waals surface area contributed by atoms with Gasteiger partial charge in [0.2, 0.25) is 0 Å². The Morgan fingerprint density at radius 3 is 1.68 bits per heavy atom. The number of carbonyl (C=O) groups excluding carboxylic acids is 4. The maximum absolute atomic E-state index is 12.2. The smallest absolute Gasteiger partial charge is 0.368 e. The average Bonchev–Trinajstić information content (AvgIpc) is 2.81. The SMILES string of the molecule is C=C(C)C(=O)OOCC(O)C(OC(=O)C(=C)C)C(OC(=O)C(=C)C)C(O)COC(=O)CCNCC(=O)O. The fourth-order valence-electron chi connectivity index (χ4n) is 2.23. The number of rotatable bonds is 18. The third-order valence-electron chi connectivity index (χ3n) is 4.18. The molecule has 4 atom stereocenters. The van der Waals surface area contributed by atoms with Gasteiger partial charge in [-0.05, 0) is 20.8 Å². The van der Waals surface area contributed by atoms with Gasteiger partial charge in [-0.1, -0.05) is 19.7 Å². The molecule has 0 aliphatic carbocycles. The summed E-state index contributed by atoms with van der Waals surface area (Å²) < 4.78 is 15.2. The van der Waals surface area contributed by atoms with Crippen LogP contribution in [0.3, 0.4) is 0 Å². The molecule has 4 unspecified atom stereocenters. The highest BCUT2D eigenvalue weighted by Gasteiger charge is 2.41. The molecule has 0 saturated carbocycles. The van der Waals surface area contributed by atoms with Crippen molar-refractivity contribution in [3.8, 4) is 0 Å². The van der Waals surface area contributed by atoms with Crippen LogP contribution in [-0.2, 0) is 48.0 Å². The first-order valence-electron chi connectivity index (χ1n) is 10.8. The van der Waals surface area contributed by atoms with Gasteiger partial charge < -0.3 is 34.8 Å². The Hall–Kier alpha value is -3.59. The number of nitrogens with one attached hydrogen (secondary N) is 1. The number of aliphatic carboxylic acids is 1. The van der Waals surface area contributed by atoms with Crippen LogP contribution in [0.15, 0.2) is 36.5 Å². The van der Waals surface area contributed by atoms with Crippen LogP contribution in [0.2, 0.25) is 0 Å². The van der Waals surface area contributed by atoms with Crippen LogP contribution in [0.1, 0.15) is 27.2 Å². The summed E-state index contributed by atoms with van der Waals surface area (Å²) in [5.74, 6) is -4.98. The van der Waals surface area contributed by atoms with E-state index >= 15 is 0 Å². The predicted octanol–water partition coefficient (Wildman–Crippen LogP) is -0.658. The molecule has 0 aliphatic rings. The molecule has 0 rings (SSSR count). The highest BCUT2D eigenvalue weighted by molar-refractivity contribution is 5.88. The molecular formula is C23H33NO13.